The zero-order valence-electron chi connectivity index (χ0n) is 17.2. The molecule has 8 heteroatoms. The molecular weight excluding hydrogens is 366 g/mol. The van der Waals surface area contributed by atoms with Crippen LogP contribution in [0, 0.1) is 0 Å². The molecule has 1 unspecified atom stereocenters. The lowest BCUT2D eigenvalue weighted by atomic mass is 10.2. The van der Waals surface area contributed by atoms with E-state index in [0.717, 1.165) is 30.9 Å². The van der Waals surface area contributed by atoms with Gasteiger partial charge in [-0.3, -0.25) is 4.99 Å². The van der Waals surface area contributed by atoms with Gasteiger partial charge in [-0.15, -0.1) is 0 Å². The van der Waals surface area contributed by atoms with Gasteiger partial charge in [0.1, 0.15) is 10.8 Å². The molecule has 152 valence electrons. The van der Waals surface area contributed by atoms with E-state index in [1.165, 1.54) is 0 Å². The minimum Gasteiger partial charge on any atom is -0.444 e. The van der Waals surface area contributed by atoms with Crippen molar-refractivity contribution in [3.63, 3.8) is 0 Å². The molecule has 1 aromatic heterocycles. The Labute approximate surface area is 167 Å². The average molecular weight is 398 g/mol. The molecule has 0 aromatic carbocycles. The standard InChI is InChI=1S/C19H32ClN5O2/c1-14(25(6)18(26)27-19(2,3)4)9-11-22-17(21-5)23-12-10-15-7-8-16(20)24-13-15/h7-8,13-14H,9-12H2,1-6H3,(H2,21,22,23). The lowest BCUT2D eigenvalue weighted by Gasteiger charge is -2.28. The number of hydrogen-bond acceptors (Lipinski definition) is 4. The summed E-state index contributed by atoms with van der Waals surface area (Å²) in [5, 5.41) is 7.02. The van der Waals surface area contributed by atoms with Gasteiger partial charge in [0.2, 0.25) is 0 Å². The number of carbonyl (C=O) groups excluding carboxylic acids is 1. The van der Waals surface area contributed by atoms with Gasteiger partial charge in [0.05, 0.1) is 0 Å². The fourth-order valence-electron chi connectivity index (χ4n) is 2.21. The van der Waals surface area contributed by atoms with E-state index >= 15 is 0 Å². The van der Waals surface area contributed by atoms with Gasteiger partial charge < -0.3 is 20.3 Å². The first-order chi connectivity index (χ1) is 12.6. The number of aliphatic imine (C=N–C) groups is 1. The van der Waals surface area contributed by atoms with E-state index in [4.69, 9.17) is 16.3 Å². The van der Waals surface area contributed by atoms with Gasteiger partial charge in [-0.05, 0) is 52.2 Å². The molecule has 27 heavy (non-hydrogen) atoms. The molecule has 1 atom stereocenters. The van der Waals surface area contributed by atoms with Gasteiger partial charge >= 0.3 is 6.09 Å². The van der Waals surface area contributed by atoms with Crippen molar-refractivity contribution in [2.24, 2.45) is 4.99 Å². The Morgan fingerprint density at radius 3 is 2.56 bits per heavy atom. The van der Waals surface area contributed by atoms with E-state index in [-0.39, 0.29) is 12.1 Å². The van der Waals surface area contributed by atoms with Crippen molar-refractivity contribution in [2.75, 3.05) is 27.2 Å². The quantitative estimate of drug-likeness (QED) is 0.420. The van der Waals surface area contributed by atoms with E-state index < -0.39 is 5.60 Å². The number of pyridine rings is 1. The topological polar surface area (TPSA) is 78.9 Å². The molecule has 0 aliphatic carbocycles. The van der Waals surface area contributed by atoms with Crippen molar-refractivity contribution in [1.29, 1.82) is 0 Å². The first kappa shape index (κ1) is 23.0. The number of aromatic nitrogens is 1. The Bertz CT molecular complexity index is 614. The molecule has 0 saturated heterocycles. The van der Waals surface area contributed by atoms with Crippen molar-refractivity contribution in [3.05, 3.63) is 29.0 Å². The van der Waals surface area contributed by atoms with Crippen molar-refractivity contribution >= 4 is 23.7 Å². The van der Waals surface area contributed by atoms with Crippen LogP contribution in [0.3, 0.4) is 0 Å². The molecule has 0 spiro atoms. The summed E-state index contributed by atoms with van der Waals surface area (Å²) in [6, 6.07) is 3.79. The number of ether oxygens (including phenoxy) is 1. The third-order valence-electron chi connectivity index (χ3n) is 3.92. The van der Waals surface area contributed by atoms with Crippen molar-refractivity contribution in [1.82, 2.24) is 20.5 Å². The van der Waals surface area contributed by atoms with Gasteiger partial charge in [-0.2, -0.15) is 0 Å². The van der Waals surface area contributed by atoms with Crippen LogP contribution in [0.2, 0.25) is 5.15 Å². The second-order valence-corrected chi connectivity index (χ2v) is 7.78. The normalized spacial score (nSPS) is 13.1. The van der Waals surface area contributed by atoms with Crippen LogP contribution in [-0.2, 0) is 11.2 Å². The Morgan fingerprint density at radius 1 is 1.33 bits per heavy atom. The van der Waals surface area contributed by atoms with Crippen LogP contribution in [0.25, 0.3) is 0 Å². The van der Waals surface area contributed by atoms with Gasteiger partial charge in [0, 0.05) is 39.4 Å². The number of halogens is 1. The molecule has 2 N–H and O–H groups in total. The van der Waals surface area contributed by atoms with Crippen LogP contribution in [0.1, 0.15) is 39.7 Å². The highest BCUT2D eigenvalue weighted by Gasteiger charge is 2.22. The second-order valence-electron chi connectivity index (χ2n) is 7.39. The van der Waals surface area contributed by atoms with E-state index in [0.29, 0.717) is 11.7 Å². The van der Waals surface area contributed by atoms with Crippen molar-refractivity contribution in [2.45, 2.75) is 52.2 Å². The van der Waals surface area contributed by atoms with Gasteiger partial charge in [-0.25, -0.2) is 9.78 Å². The number of carbonyl (C=O) groups is 1. The second kappa shape index (κ2) is 11.0. The highest BCUT2D eigenvalue weighted by molar-refractivity contribution is 6.29. The predicted molar refractivity (Wildman–Crippen MR) is 110 cm³/mol. The molecule has 0 radical (unpaired) electrons. The van der Waals surface area contributed by atoms with Crippen LogP contribution < -0.4 is 10.6 Å². The molecule has 1 aromatic rings. The minimum absolute atomic E-state index is 0.0468. The number of nitrogens with zero attached hydrogens (tertiary/aromatic N) is 3. The third kappa shape index (κ3) is 9.47. The van der Waals surface area contributed by atoms with Crippen LogP contribution in [0.15, 0.2) is 23.3 Å². The summed E-state index contributed by atoms with van der Waals surface area (Å²) in [5.74, 6) is 0.726. The predicted octanol–water partition coefficient (Wildman–Crippen LogP) is 3.09. The Balaban J connectivity index is 2.31. The SMILES string of the molecule is CN=C(NCCc1ccc(Cl)nc1)NCCC(C)N(C)C(=O)OC(C)(C)C. The smallest absolute Gasteiger partial charge is 0.410 e. The van der Waals surface area contributed by atoms with Crippen LogP contribution in [-0.4, -0.2) is 60.8 Å². The van der Waals surface area contributed by atoms with Crippen LogP contribution >= 0.6 is 11.6 Å². The van der Waals surface area contributed by atoms with E-state index in [1.807, 2.05) is 33.8 Å². The maximum atomic E-state index is 12.1. The molecule has 0 aliphatic rings. The monoisotopic (exact) mass is 397 g/mol. The lowest BCUT2D eigenvalue weighted by molar-refractivity contribution is 0.0230. The average Bonchev–Trinajstić information content (AvgIpc) is 2.59. The van der Waals surface area contributed by atoms with Crippen LogP contribution in [0.5, 0.6) is 0 Å². The highest BCUT2D eigenvalue weighted by Crippen LogP contribution is 2.11. The number of hydrogen-bond donors (Lipinski definition) is 2. The first-order valence-electron chi connectivity index (χ1n) is 9.13. The fourth-order valence-corrected chi connectivity index (χ4v) is 2.32. The zero-order valence-corrected chi connectivity index (χ0v) is 17.9. The summed E-state index contributed by atoms with van der Waals surface area (Å²) in [6.45, 7) is 9.00. The lowest BCUT2D eigenvalue weighted by Crippen LogP contribution is -2.43. The Morgan fingerprint density at radius 2 is 2.00 bits per heavy atom. The Hall–Kier alpha value is -2.02. The van der Waals surface area contributed by atoms with E-state index in [2.05, 4.69) is 20.6 Å². The number of nitrogens with one attached hydrogen (secondary N) is 2. The molecule has 0 bridgehead atoms. The van der Waals surface area contributed by atoms with E-state index in [1.54, 1.807) is 31.3 Å². The van der Waals surface area contributed by atoms with Gasteiger partial charge in [-0.1, -0.05) is 17.7 Å². The fraction of sp³-hybridized carbons (Fsp3) is 0.632. The summed E-state index contributed by atoms with van der Waals surface area (Å²) < 4.78 is 5.39. The van der Waals surface area contributed by atoms with Gasteiger partial charge in [0.25, 0.3) is 0 Å². The molecule has 0 fully saturated rings. The first-order valence-corrected chi connectivity index (χ1v) is 9.51. The molecule has 0 saturated carbocycles. The zero-order chi connectivity index (χ0) is 20.4. The summed E-state index contributed by atoms with van der Waals surface area (Å²) in [6.07, 6.45) is 3.06. The van der Waals surface area contributed by atoms with Crippen LogP contribution in [0.4, 0.5) is 4.79 Å². The summed E-state index contributed by atoms with van der Waals surface area (Å²) in [5.41, 5.74) is 0.615. The minimum atomic E-state index is -0.491. The molecule has 0 aliphatic heterocycles. The molecular formula is C19H32ClN5O2. The maximum absolute atomic E-state index is 12.1. The largest absolute Gasteiger partial charge is 0.444 e. The third-order valence-corrected chi connectivity index (χ3v) is 4.14. The maximum Gasteiger partial charge on any atom is 0.410 e. The van der Waals surface area contributed by atoms with Crippen molar-refractivity contribution in [3.8, 4) is 0 Å². The molecule has 1 rings (SSSR count). The summed E-state index contributed by atoms with van der Waals surface area (Å²) >= 11 is 5.79. The number of guanidine groups is 1. The number of amides is 1. The summed E-state index contributed by atoms with van der Waals surface area (Å²) in [4.78, 5) is 22.0. The van der Waals surface area contributed by atoms with Gasteiger partial charge in [0.15, 0.2) is 5.96 Å². The molecule has 1 heterocycles. The van der Waals surface area contributed by atoms with Crippen molar-refractivity contribution < 1.29 is 9.53 Å². The molecule has 7 nitrogen and oxygen atoms in total. The Kier molecular flexibility index (Phi) is 9.35. The number of rotatable bonds is 7. The highest BCUT2D eigenvalue weighted by atomic mass is 35.5. The molecule has 1 amide bonds. The van der Waals surface area contributed by atoms with E-state index in [9.17, 15) is 4.79 Å². The summed E-state index contributed by atoms with van der Waals surface area (Å²) in [7, 11) is 3.49.